The molecule has 0 saturated heterocycles. The van der Waals surface area contributed by atoms with Crippen molar-refractivity contribution in [2.45, 2.75) is 19.8 Å². The smallest absolute Gasteiger partial charge is 0.178 e. The Balaban J connectivity index is 0.000000196. The normalized spacial score (nSPS) is 10.9. The van der Waals surface area contributed by atoms with E-state index in [-0.39, 0.29) is 13.7 Å². The predicted octanol–water partition coefficient (Wildman–Crippen LogP) is 7.90. The Labute approximate surface area is 211 Å². The lowest BCUT2D eigenvalue weighted by atomic mass is 10.1. The van der Waals surface area contributed by atoms with Gasteiger partial charge in [0.25, 0.3) is 0 Å². The van der Waals surface area contributed by atoms with E-state index in [0.717, 1.165) is 11.1 Å². The van der Waals surface area contributed by atoms with Gasteiger partial charge >= 0.3 is 0 Å². The van der Waals surface area contributed by atoms with Gasteiger partial charge in [-0.2, -0.15) is 0 Å². The van der Waals surface area contributed by atoms with Crippen LogP contribution in [0.25, 0.3) is 12.2 Å². The van der Waals surface area contributed by atoms with Crippen molar-refractivity contribution in [2.24, 2.45) is 0 Å². The monoisotopic (exact) mass is 476 g/mol. The number of ketones is 1. The lowest BCUT2D eigenvalue weighted by Crippen LogP contribution is -2.13. The van der Waals surface area contributed by atoms with Gasteiger partial charge in [-0.15, -0.1) is 0 Å². The van der Waals surface area contributed by atoms with Crippen LogP contribution in [-0.4, -0.2) is 11.9 Å². The van der Waals surface area contributed by atoms with Gasteiger partial charge in [0.1, 0.15) is 0 Å². The Morgan fingerprint density at radius 2 is 0.971 bits per heavy atom. The number of unbranched alkanes of at least 4 members (excludes halogenated alkanes) is 1. The Bertz CT molecular complexity index is 1080. The second-order valence-corrected chi connectivity index (χ2v) is 10.4. The Morgan fingerprint density at radius 1 is 0.600 bits per heavy atom. The predicted molar refractivity (Wildman–Crippen MR) is 155 cm³/mol. The molecule has 4 rings (SSSR count). The minimum absolute atomic E-state index is 0.0114. The highest BCUT2D eigenvalue weighted by molar-refractivity contribution is 7.73. The number of hydrogen-bond acceptors (Lipinski definition) is 1. The molecule has 0 aromatic heterocycles. The Hall–Kier alpha value is -3.54. The largest absolute Gasteiger partial charge is 0.290 e. The third kappa shape index (κ3) is 9.69. The fraction of sp³-hybridized carbons (Fsp3) is 0.121. The molecule has 0 aliphatic rings. The molecular formula is C33H33OP. The van der Waals surface area contributed by atoms with E-state index < -0.39 is 0 Å². The molecule has 0 spiro atoms. The maximum absolute atomic E-state index is 11.6. The molecule has 2 heteroatoms. The first-order valence-corrected chi connectivity index (χ1v) is 13.7. The SMILES string of the molecule is CCCCP(c1ccccc1)c1ccccc1.O=C(/C=C\c1ccccc1)/C=C/c1ccccc1. The van der Waals surface area contributed by atoms with Gasteiger partial charge < -0.3 is 0 Å². The van der Waals surface area contributed by atoms with E-state index in [1.165, 1.54) is 29.6 Å². The van der Waals surface area contributed by atoms with Crippen LogP contribution < -0.4 is 10.6 Å². The maximum atomic E-state index is 11.6. The molecule has 0 saturated carbocycles. The van der Waals surface area contributed by atoms with Crippen molar-refractivity contribution in [1.82, 2.24) is 0 Å². The number of allylic oxidation sites excluding steroid dienone is 2. The third-order valence-corrected chi connectivity index (χ3v) is 7.96. The highest BCUT2D eigenvalue weighted by Gasteiger charge is 2.11. The molecule has 0 aliphatic heterocycles. The maximum Gasteiger partial charge on any atom is 0.178 e. The van der Waals surface area contributed by atoms with E-state index in [4.69, 9.17) is 0 Å². The Morgan fingerprint density at radius 3 is 1.34 bits per heavy atom. The molecule has 176 valence electrons. The van der Waals surface area contributed by atoms with Gasteiger partial charge in [-0.1, -0.05) is 147 Å². The molecule has 0 atom stereocenters. The van der Waals surface area contributed by atoms with Gasteiger partial charge in [-0.05, 0) is 54.4 Å². The van der Waals surface area contributed by atoms with E-state index in [9.17, 15) is 4.79 Å². The second-order valence-electron chi connectivity index (χ2n) is 8.07. The number of benzene rings is 4. The molecular weight excluding hydrogens is 443 g/mol. The molecule has 1 nitrogen and oxygen atoms in total. The third-order valence-electron chi connectivity index (χ3n) is 5.35. The summed E-state index contributed by atoms with van der Waals surface area (Å²) in [6, 6.07) is 41.4. The highest BCUT2D eigenvalue weighted by Crippen LogP contribution is 2.34. The summed E-state index contributed by atoms with van der Waals surface area (Å²) in [5, 5.41) is 3.00. The summed E-state index contributed by atoms with van der Waals surface area (Å²) in [6.45, 7) is 2.27. The summed E-state index contributed by atoms with van der Waals surface area (Å²) in [7, 11) is -0.157. The van der Waals surface area contributed by atoms with Crippen molar-refractivity contribution < 1.29 is 4.79 Å². The van der Waals surface area contributed by atoms with Gasteiger partial charge in [0.05, 0.1) is 0 Å². The van der Waals surface area contributed by atoms with E-state index in [2.05, 4.69) is 67.6 Å². The van der Waals surface area contributed by atoms with Crippen molar-refractivity contribution >= 4 is 36.5 Å². The first-order valence-electron chi connectivity index (χ1n) is 12.1. The summed E-state index contributed by atoms with van der Waals surface area (Å²) in [5.74, 6) is -0.0114. The van der Waals surface area contributed by atoms with Crippen molar-refractivity contribution in [2.75, 3.05) is 6.16 Å². The molecule has 35 heavy (non-hydrogen) atoms. The molecule has 4 aromatic carbocycles. The standard InChI is InChI=1S/C17H14O.C16H19P/c18-17(13-11-15-7-3-1-4-8-15)14-12-16-9-5-2-6-10-16;1-2-3-14-17(15-10-6-4-7-11-15)16-12-8-5-9-13-16/h1-14H;4-13H,2-3,14H2,1H3/b13-11-,14-12+;. The summed E-state index contributed by atoms with van der Waals surface area (Å²) in [6.07, 6.45) is 10.7. The molecule has 0 bridgehead atoms. The Kier molecular flexibility index (Phi) is 11.5. The highest BCUT2D eigenvalue weighted by atomic mass is 31.1. The zero-order valence-electron chi connectivity index (χ0n) is 20.3. The zero-order valence-corrected chi connectivity index (χ0v) is 21.2. The first-order chi connectivity index (χ1) is 17.3. The number of rotatable bonds is 9. The van der Waals surface area contributed by atoms with Crippen LogP contribution in [-0.2, 0) is 4.79 Å². The van der Waals surface area contributed by atoms with Crippen LogP contribution in [0.1, 0.15) is 30.9 Å². The quantitative estimate of drug-likeness (QED) is 0.177. The van der Waals surface area contributed by atoms with E-state index in [1.54, 1.807) is 12.2 Å². The van der Waals surface area contributed by atoms with Gasteiger partial charge in [0.2, 0.25) is 0 Å². The molecule has 0 N–H and O–H groups in total. The summed E-state index contributed by atoms with van der Waals surface area (Å²) in [4.78, 5) is 11.6. The van der Waals surface area contributed by atoms with Gasteiger partial charge in [0, 0.05) is 0 Å². The van der Waals surface area contributed by atoms with Gasteiger partial charge in [-0.25, -0.2) is 0 Å². The van der Waals surface area contributed by atoms with Gasteiger partial charge in [-0.3, -0.25) is 4.79 Å². The average Bonchev–Trinajstić information content (AvgIpc) is 2.94. The molecule has 0 fully saturated rings. The van der Waals surface area contributed by atoms with Gasteiger partial charge in [0.15, 0.2) is 5.78 Å². The minimum atomic E-state index is -0.157. The van der Waals surface area contributed by atoms with Crippen LogP contribution in [0.4, 0.5) is 0 Å². The number of carbonyl (C=O) groups excluding carboxylic acids is 1. The van der Waals surface area contributed by atoms with Crippen molar-refractivity contribution in [3.05, 3.63) is 145 Å². The second kappa shape index (κ2) is 15.4. The number of carbonyl (C=O) groups is 1. The summed E-state index contributed by atoms with van der Waals surface area (Å²) < 4.78 is 0. The van der Waals surface area contributed by atoms with Crippen LogP contribution >= 0.6 is 7.92 Å². The van der Waals surface area contributed by atoms with E-state index >= 15 is 0 Å². The van der Waals surface area contributed by atoms with Crippen LogP contribution in [0, 0.1) is 0 Å². The summed E-state index contributed by atoms with van der Waals surface area (Å²) >= 11 is 0. The molecule has 0 radical (unpaired) electrons. The fourth-order valence-corrected chi connectivity index (χ4v) is 5.99. The van der Waals surface area contributed by atoms with E-state index in [0.29, 0.717) is 0 Å². The van der Waals surface area contributed by atoms with Crippen LogP contribution in [0.5, 0.6) is 0 Å². The molecule has 4 aromatic rings. The van der Waals surface area contributed by atoms with Crippen molar-refractivity contribution in [3.8, 4) is 0 Å². The number of hydrogen-bond donors (Lipinski definition) is 0. The van der Waals surface area contributed by atoms with Crippen molar-refractivity contribution in [3.63, 3.8) is 0 Å². The molecule has 0 unspecified atom stereocenters. The van der Waals surface area contributed by atoms with Crippen molar-refractivity contribution in [1.29, 1.82) is 0 Å². The lowest BCUT2D eigenvalue weighted by Gasteiger charge is -2.18. The minimum Gasteiger partial charge on any atom is -0.290 e. The molecule has 0 aliphatic carbocycles. The zero-order chi connectivity index (χ0) is 24.6. The topological polar surface area (TPSA) is 17.1 Å². The van der Waals surface area contributed by atoms with Crippen LogP contribution in [0.2, 0.25) is 0 Å². The summed E-state index contributed by atoms with van der Waals surface area (Å²) in [5.41, 5.74) is 2.05. The fourth-order valence-electron chi connectivity index (χ4n) is 3.48. The lowest BCUT2D eigenvalue weighted by molar-refractivity contribution is -0.110. The van der Waals surface area contributed by atoms with Crippen LogP contribution in [0.3, 0.4) is 0 Å². The van der Waals surface area contributed by atoms with Crippen LogP contribution in [0.15, 0.2) is 133 Å². The molecule has 0 amide bonds. The molecule has 0 heterocycles. The van der Waals surface area contributed by atoms with E-state index in [1.807, 2.05) is 72.8 Å². The average molecular weight is 477 g/mol. The first kappa shape index (κ1) is 26.1.